The highest BCUT2D eigenvalue weighted by molar-refractivity contribution is 6.00. The van der Waals surface area contributed by atoms with Gasteiger partial charge < -0.3 is 4.74 Å². The molecule has 0 spiro atoms. The lowest BCUT2D eigenvalue weighted by Crippen LogP contribution is -2.09. The van der Waals surface area contributed by atoms with E-state index in [4.69, 9.17) is 9.72 Å². The quantitative estimate of drug-likeness (QED) is 0.472. The number of hydrogen-bond donors (Lipinski definition) is 0. The van der Waals surface area contributed by atoms with Crippen LogP contribution in [0.5, 0.6) is 5.75 Å². The van der Waals surface area contributed by atoms with Crippen molar-refractivity contribution in [2.75, 3.05) is 0 Å². The van der Waals surface area contributed by atoms with E-state index in [0.29, 0.717) is 12.2 Å². The molecule has 4 aromatic rings. The molecule has 1 aromatic heterocycles. The summed E-state index contributed by atoms with van der Waals surface area (Å²) in [6.07, 6.45) is 0. The number of fused-ring (bicyclic) bond motifs is 4. The molecule has 1 aliphatic heterocycles. The Morgan fingerprint density at radius 2 is 1.73 bits per heavy atom. The van der Waals surface area contributed by atoms with Crippen LogP contribution in [0.2, 0.25) is 0 Å². The summed E-state index contributed by atoms with van der Waals surface area (Å²) in [5.41, 5.74) is 6.76. The fourth-order valence-corrected chi connectivity index (χ4v) is 3.61. The molecule has 122 valence electrons. The molecule has 0 fully saturated rings. The standard InChI is InChI=1S/C23H14N2O/c24-13-15-10-11-20-18(12-15)22(16-6-2-1-3-7-16)19-14-26-21-9-5-4-8-17(21)23(19)25-20/h1-12H,14H2. The third kappa shape index (κ3) is 2.17. The minimum absolute atomic E-state index is 0.469. The Balaban J connectivity index is 1.93. The SMILES string of the molecule is N#Cc1ccc2nc3c(c(-c4ccccc4)c2c1)COc1ccccc1-3. The van der Waals surface area contributed by atoms with E-state index in [1.165, 1.54) is 0 Å². The molecule has 26 heavy (non-hydrogen) atoms. The lowest BCUT2D eigenvalue weighted by atomic mass is 9.90. The predicted molar refractivity (Wildman–Crippen MR) is 102 cm³/mol. The van der Waals surface area contributed by atoms with Gasteiger partial charge in [0.1, 0.15) is 12.4 Å². The Kier molecular flexibility index (Phi) is 3.23. The highest BCUT2D eigenvalue weighted by atomic mass is 16.5. The maximum Gasteiger partial charge on any atom is 0.129 e. The summed E-state index contributed by atoms with van der Waals surface area (Å²) >= 11 is 0. The number of rotatable bonds is 1. The van der Waals surface area contributed by atoms with E-state index in [-0.39, 0.29) is 0 Å². The van der Waals surface area contributed by atoms with Gasteiger partial charge in [0.25, 0.3) is 0 Å². The summed E-state index contributed by atoms with van der Waals surface area (Å²) in [5.74, 6) is 0.861. The van der Waals surface area contributed by atoms with Gasteiger partial charge in [-0.05, 0) is 41.5 Å². The van der Waals surface area contributed by atoms with Crippen LogP contribution in [0.15, 0.2) is 72.8 Å². The number of aromatic nitrogens is 1. The third-order valence-electron chi connectivity index (χ3n) is 4.79. The van der Waals surface area contributed by atoms with Gasteiger partial charge >= 0.3 is 0 Å². The highest BCUT2D eigenvalue weighted by Gasteiger charge is 2.24. The van der Waals surface area contributed by atoms with Crippen molar-refractivity contribution < 1.29 is 4.74 Å². The molecule has 0 saturated heterocycles. The lowest BCUT2D eigenvalue weighted by Gasteiger charge is -2.24. The van der Waals surface area contributed by atoms with Gasteiger partial charge in [0.2, 0.25) is 0 Å². The van der Waals surface area contributed by atoms with Crippen molar-refractivity contribution >= 4 is 10.9 Å². The van der Waals surface area contributed by atoms with E-state index < -0.39 is 0 Å². The molecule has 3 nitrogen and oxygen atoms in total. The van der Waals surface area contributed by atoms with E-state index in [1.54, 1.807) is 0 Å². The van der Waals surface area contributed by atoms with Crippen molar-refractivity contribution in [2.45, 2.75) is 6.61 Å². The number of benzene rings is 3. The van der Waals surface area contributed by atoms with Crippen LogP contribution in [0.4, 0.5) is 0 Å². The minimum atomic E-state index is 0.469. The average molecular weight is 334 g/mol. The number of ether oxygens (including phenoxy) is 1. The van der Waals surface area contributed by atoms with Crippen molar-refractivity contribution in [3.8, 4) is 34.2 Å². The van der Waals surface area contributed by atoms with Crippen molar-refractivity contribution in [3.63, 3.8) is 0 Å². The number of para-hydroxylation sites is 1. The first-order valence-corrected chi connectivity index (χ1v) is 8.49. The summed E-state index contributed by atoms with van der Waals surface area (Å²) in [7, 11) is 0. The van der Waals surface area contributed by atoms with Crippen LogP contribution >= 0.6 is 0 Å². The molecule has 0 bridgehead atoms. The molecular formula is C23H14N2O. The van der Waals surface area contributed by atoms with Gasteiger partial charge in [0.15, 0.2) is 0 Å². The van der Waals surface area contributed by atoms with E-state index >= 15 is 0 Å². The molecule has 0 atom stereocenters. The zero-order valence-corrected chi connectivity index (χ0v) is 13.9. The first-order chi connectivity index (χ1) is 12.8. The lowest BCUT2D eigenvalue weighted by molar-refractivity contribution is 0.302. The molecule has 0 radical (unpaired) electrons. The van der Waals surface area contributed by atoms with Gasteiger partial charge in [-0.1, -0.05) is 42.5 Å². The molecule has 3 heteroatoms. The van der Waals surface area contributed by atoms with Crippen molar-refractivity contribution in [1.82, 2.24) is 4.98 Å². The fourth-order valence-electron chi connectivity index (χ4n) is 3.61. The molecule has 0 saturated carbocycles. The Morgan fingerprint density at radius 3 is 2.58 bits per heavy atom. The largest absolute Gasteiger partial charge is 0.488 e. The first-order valence-electron chi connectivity index (χ1n) is 8.49. The Bertz CT molecular complexity index is 1190. The molecule has 3 aromatic carbocycles. The van der Waals surface area contributed by atoms with Crippen LogP contribution < -0.4 is 4.74 Å². The number of nitrogens with zero attached hydrogens (tertiary/aromatic N) is 2. The van der Waals surface area contributed by atoms with E-state index in [9.17, 15) is 5.26 Å². The van der Waals surface area contributed by atoms with Crippen LogP contribution in [0, 0.1) is 11.3 Å². The maximum atomic E-state index is 9.33. The Morgan fingerprint density at radius 1 is 0.923 bits per heavy atom. The van der Waals surface area contributed by atoms with E-state index in [2.05, 4.69) is 18.2 Å². The van der Waals surface area contributed by atoms with E-state index in [0.717, 1.165) is 44.6 Å². The first kappa shape index (κ1) is 14.7. The molecule has 0 unspecified atom stereocenters. The number of nitriles is 1. The predicted octanol–water partition coefficient (Wildman–Crippen LogP) is 5.33. The van der Waals surface area contributed by atoms with Crippen LogP contribution in [0.3, 0.4) is 0 Å². The van der Waals surface area contributed by atoms with Crippen LogP contribution in [-0.4, -0.2) is 4.98 Å². The van der Waals surface area contributed by atoms with E-state index in [1.807, 2.05) is 60.7 Å². The zero-order chi connectivity index (χ0) is 17.5. The third-order valence-corrected chi connectivity index (χ3v) is 4.79. The molecular weight excluding hydrogens is 320 g/mol. The second-order valence-corrected chi connectivity index (χ2v) is 6.31. The Hall–Kier alpha value is -3.64. The van der Waals surface area contributed by atoms with Crippen LogP contribution in [0.25, 0.3) is 33.3 Å². The van der Waals surface area contributed by atoms with Crippen LogP contribution in [-0.2, 0) is 6.61 Å². The summed E-state index contributed by atoms with van der Waals surface area (Å²) in [6, 6.07) is 26.2. The molecule has 0 amide bonds. The van der Waals surface area contributed by atoms with Crippen molar-refractivity contribution in [3.05, 3.63) is 83.9 Å². The second kappa shape index (κ2) is 5.72. The summed E-state index contributed by atoms with van der Waals surface area (Å²) < 4.78 is 6.01. The molecule has 5 rings (SSSR count). The fraction of sp³-hybridized carbons (Fsp3) is 0.0435. The molecule has 0 N–H and O–H groups in total. The van der Waals surface area contributed by atoms with Crippen LogP contribution in [0.1, 0.15) is 11.1 Å². The van der Waals surface area contributed by atoms with Crippen molar-refractivity contribution in [2.24, 2.45) is 0 Å². The highest BCUT2D eigenvalue weighted by Crippen LogP contribution is 2.43. The topological polar surface area (TPSA) is 45.9 Å². The second-order valence-electron chi connectivity index (χ2n) is 6.31. The molecule has 1 aliphatic rings. The van der Waals surface area contributed by atoms with Gasteiger partial charge in [-0.3, -0.25) is 0 Å². The number of pyridine rings is 1. The normalized spacial score (nSPS) is 12.0. The van der Waals surface area contributed by atoms with Crippen molar-refractivity contribution in [1.29, 1.82) is 5.26 Å². The average Bonchev–Trinajstić information content (AvgIpc) is 2.72. The smallest absolute Gasteiger partial charge is 0.129 e. The maximum absolute atomic E-state index is 9.33. The summed E-state index contributed by atoms with van der Waals surface area (Å²) in [4.78, 5) is 4.93. The van der Waals surface area contributed by atoms with Gasteiger partial charge in [-0.25, -0.2) is 4.98 Å². The van der Waals surface area contributed by atoms with Gasteiger partial charge in [0.05, 0.1) is 22.8 Å². The summed E-state index contributed by atoms with van der Waals surface area (Å²) in [5, 5.41) is 10.3. The summed E-state index contributed by atoms with van der Waals surface area (Å²) in [6.45, 7) is 0.469. The molecule has 0 aliphatic carbocycles. The number of hydrogen-bond acceptors (Lipinski definition) is 3. The van der Waals surface area contributed by atoms with Gasteiger partial charge in [0, 0.05) is 16.5 Å². The van der Waals surface area contributed by atoms with Gasteiger partial charge in [-0.15, -0.1) is 0 Å². The van der Waals surface area contributed by atoms with Gasteiger partial charge in [-0.2, -0.15) is 5.26 Å². The molecule has 2 heterocycles. The zero-order valence-electron chi connectivity index (χ0n) is 13.9. The Labute approximate surface area is 151 Å². The monoisotopic (exact) mass is 334 g/mol. The minimum Gasteiger partial charge on any atom is -0.488 e.